The molecule has 140 valence electrons. The molecule has 9 heteroatoms. The van der Waals surface area contributed by atoms with Gasteiger partial charge in [0.2, 0.25) is 5.82 Å². The van der Waals surface area contributed by atoms with Crippen LogP contribution in [0.5, 0.6) is 0 Å². The first-order valence-electron chi connectivity index (χ1n) is 8.72. The van der Waals surface area contributed by atoms with Crippen LogP contribution in [0.3, 0.4) is 0 Å². The van der Waals surface area contributed by atoms with E-state index in [1.165, 1.54) is 0 Å². The molecule has 0 unspecified atom stereocenters. The van der Waals surface area contributed by atoms with Gasteiger partial charge in [-0.2, -0.15) is 0 Å². The van der Waals surface area contributed by atoms with Crippen LogP contribution in [0.2, 0.25) is 0 Å². The van der Waals surface area contributed by atoms with E-state index in [1.807, 2.05) is 13.1 Å². The van der Waals surface area contributed by atoms with Gasteiger partial charge in [0, 0.05) is 38.4 Å². The number of pyridine rings is 1. The van der Waals surface area contributed by atoms with Crippen molar-refractivity contribution in [3.05, 3.63) is 47.7 Å². The molecular formula is C18H20N6O3. The SMILES string of the molecule is Cc1cc(NC(=O)c2nc(C(=O)N3CCN(C)CC3)c3ccccn23)no1. The minimum Gasteiger partial charge on any atom is -0.360 e. The number of imidazole rings is 1. The second-order valence-corrected chi connectivity index (χ2v) is 6.61. The summed E-state index contributed by atoms with van der Waals surface area (Å²) >= 11 is 0. The van der Waals surface area contributed by atoms with E-state index < -0.39 is 5.91 Å². The number of hydrogen-bond acceptors (Lipinski definition) is 6. The number of aryl methyl sites for hydroxylation is 1. The van der Waals surface area contributed by atoms with Crippen LogP contribution in [0, 0.1) is 6.92 Å². The molecule has 9 nitrogen and oxygen atoms in total. The van der Waals surface area contributed by atoms with Crippen LogP contribution >= 0.6 is 0 Å². The van der Waals surface area contributed by atoms with E-state index >= 15 is 0 Å². The minimum atomic E-state index is -0.457. The van der Waals surface area contributed by atoms with Crippen LogP contribution in [0.15, 0.2) is 35.0 Å². The Morgan fingerprint density at radius 2 is 1.96 bits per heavy atom. The Kier molecular flexibility index (Phi) is 4.36. The summed E-state index contributed by atoms with van der Waals surface area (Å²) in [7, 11) is 2.03. The molecule has 0 aliphatic carbocycles. The number of hydrogen-bond donors (Lipinski definition) is 1. The molecule has 0 radical (unpaired) electrons. The molecule has 0 atom stereocenters. The Bertz CT molecular complexity index is 1000. The summed E-state index contributed by atoms with van der Waals surface area (Å²) in [5.74, 6) is 0.398. The van der Waals surface area contributed by atoms with E-state index in [9.17, 15) is 9.59 Å². The van der Waals surface area contributed by atoms with Crippen molar-refractivity contribution >= 4 is 23.1 Å². The molecule has 1 aliphatic heterocycles. The fourth-order valence-corrected chi connectivity index (χ4v) is 3.11. The van der Waals surface area contributed by atoms with Crippen molar-refractivity contribution in [1.82, 2.24) is 24.3 Å². The smallest absolute Gasteiger partial charge is 0.293 e. The van der Waals surface area contributed by atoms with Gasteiger partial charge in [0.15, 0.2) is 11.5 Å². The number of carbonyl (C=O) groups excluding carboxylic acids is 2. The van der Waals surface area contributed by atoms with Gasteiger partial charge in [-0.3, -0.25) is 14.0 Å². The largest absolute Gasteiger partial charge is 0.360 e. The van der Waals surface area contributed by atoms with Gasteiger partial charge in [0.1, 0.15) is 5.76 Å². The lowest BCUT2D eigenvalue weighted by molar-refractivity contribution is 0.0661. The number of rotatable bonds is 3. The van der Waals surface area contributed by atoms with Gasteiger partial charge >= 0.3 is 0 Å². The van der Waals surface area contributed by atoms with Gasteiger partial charge in [-0.15, -0.1) is 0 Å². The van der Waals surface area contributed by atoms with Crippen molar-refractivity contribution in [3.63, 3.8) is 0 Å². The van der Waals surface area contributed by atoms with Gasteiger partial charge in [-0.05, 0) is 26.1 Å². The normalized spacial score (nSPS) is 15.3. The number of anilines is 1. The van der Waals surface area contributed by atoms with Crippen molar-refractivity contribution < 1.29 is 14.1 Å². The second-order valence-electron chi connectivity index (χ2n) is 6.61. The Morgan fingerprint density at radius 1 is 1.19 bits per heavy atom. The quantitative estimate of drug-likeness (QED) is 0.748. The third kappa shape index (κ3) is 3.28. The number of nitrogens with one attached hydrogen (secondary N) is 1. The molecule has 0 aromatic carbocycles. The summed E-state index contributed by atoms with van der Waals surface area (Å²) in [6, 6.07) is 7.01. The summed E-state index contributed by atoms with van der Waals surface area (Å²) in [6.45, 7) is 4.65. The van der Waals surface area contributed by atoms with Crippen molar-refractivity contribution in [2.45, 2.75) is 6.92 Å². The van der Waals surface area contributed by atoms with Crippen LogP contribution < -0.4 is 5.32 Å². The van der Waals surface area contributed by atoms with E-state index in [2.05, 4.69) is 20.4 Å². The van der Waals surface area contributed by atoms with Crippen LogP contribution in [-0.4, -0.2) is 69.4 Å². The lowest BCUT2D eigenvalue weighted by Gasteiger charge is -2.32. The average Bonchev–Trinajstić information content (AvgIpc) is 3.25. The summed E-state index contributed by atoms with van der Waals surface area (Å²) in [4.78, 5) is 34.0. The number of piperazine rings is 1. The summed E-state index contributed by atoms with van der Waals surface area (Å²) in [5, 5.41) is 6.41. The number of amides is 2. The van der Waals surface area contributed by atoms with Gasteiger partial charge in [-0.1, -0.05) is 11.2 Å². The van der Waals surface area contributed by atoms with Crippen molar-refractivity contribution in [2.75, 3.05) is 38.5 Å². The van der Waals surface area contributed by atoms with Gasteiger partial charge < -0.3 is 19.6 Å². The highest BCUT2D eigenvalue weighted by atomic mass is 16.5. The molecule has 3 aromatic heterocycles. The van der Waals surface area contributed by atoms with Crippen molar-refractivity contribution in [3.8, 4) is 0 Å². The molecule has 1 fully saturated rings. The van der Waals surface area contributed by atoms with Crippen molar-refractivity contribution in [1.29, 1.82) is 0 Å². The maximum absolute atomic E-state index is 13.0. The zero-order chi connectivity index (χ0) is 19.0. The highest BCUT2D eigenvalue weighted by molar-refractivity contribution is 6.05. The lowest BCUT2D eigenvalue weighted by Crippen LogP contribution is -2.47. The first-order chi connectivity index (χ1) is 13.0. The van der Waals surface area contributed by atoms with Gasteiger partial charge in [0.05, 0.1) is 5.52 Å². The van der Waals surface area contributed by atoms with Crippen LogP contribution in [-0.2, 0) is 0 Å². The van der Waals surface area contributed by atoms with E-state index in [1.54, 1.807) is 40.6 Å². The fraction of sp³-hybridized carbons (Fsp3) is 0.333. The molecule has 1 saturated heterocycles. The van der Waals surface area contributed by atoms with E-state index in [0.717, 1.165) is 13.1 Å². The summed E-state index contributed by atoms with van der Waals surface area (Å²) < 4.78 is 6.58. The number of aromatic nitrogens is 3. The first-order valence-corrected chi connectivity index (χ1v) is 8.72. The first kappa shape index (κ1) is 17.2. The van der Waals surface area contributed by atoms with Gasteiger partial charge in [0.25, 0.3) is 11.8 Å². The molecule has 4 rings (SSSR count). The number of fused-ring (bicyclic) bond motifs is 1. The van der Waals surface area contributed by atoms with E-state index in [-0.39, 0.29) is 17.4 Å². The van der Waals surface area contributed by atoms with Crippen molar-refractivity contribution in [2.24, 2.45) is 0 Å². The minimum absolute atomic E-state index is 0.128. The average molecular weight is 368 g/mol. The zero-order valence-electron chi connectivity index (χ0n) is 15.2. The Balaban J connectivity index is 1.66. The zero-order valence-corrected chi connectivity index (χ0v) is 15.2. The number of carbonyl (C=O) groups is 2. The third-order valence-electron chi connectivity index (χ3n) is 4.61. The maximum atomic E-state index is 13.0. The molecule has 1 N–H and O–H groups in total. The topological polar surface area (TPSA) is 96.0 Å². The Morgan fingerprint density at radius 3 is 2.67 bits per heavy atom. The van der Waals surface area contributed by atoms with Crippen LogP contribution in [0.4, 0.5) is 5.82 Å². The fourth-order valence-electron chi connectivity index (χ4n) is 3.11. The molecule has 0 saturated carbocycles. The molecular weight excluding hydrogens is 348 g/mol. The van der Waals surface area contributed by atoms with E-state index in [0.29, 0.717) is 30.2 Å². The molecule has 2 amide bonds. The summed E-state index contributed by atoms with van der Waals surface area (Å²) in [6.07, 6.45) is 1.71. The van der Waals surface area contributed by atoms with Gasteiger partial charge in [-0.25, -0.2) is 4.98 Å². The van der Waals surface area contributed by atoms with Crippen LogP contribution in [0.1, 0.15) is 26.9 Å². The predicted molar refractivity (Wildman–Crippen MR) is 97.8 cm³/mol. The number of likely N-dealkylation sites (N-methyl/N-ethyl adjacent to an activating group) is 1. The number of nitrogens with zero attached hydrogens (tertiary/aromatic N) is 5. The molecule has 3 aromatic rings. The molecule has 0 spiro atoms. The molecule has 27 heavy (non-hydrogen) atoms. The maximum Gasteiger partial charge on any atom is 0.293 e. The highest BCUT2D eigenvalue weighted by Gasteiger charge is 2.27. The Hall–Kier alpha value is -3.20. The van der Waals surface area contributed by atoms with E-state index in [4.69, 9.17) is 4.52 Å². The molecule has 1 aliphatic rings. The molecule has 4 heterocycles. The predicted octanol–water partition coefficient (Wildman–Crippen LogP) is 1.27. The Labute approximate surface area is 155 Å². The summed E-state index contributed by atoms with van der Waals surface area (Å²) in [5.41, 5.74) is 0.879. The third-order valence-corrected chi connectivity index (χ3v) is 4.61. The lowest BCUT2D eigenvalue weighted by atomic mass is 10.2. The van der Waals surface area contributed by atoms with Crippen LogP contribution in [0.25, 0.3) is 5.52 Å². The monoisotopic (exact) mass is 368 g/mol. The highest BCUT2D eigenvalue weighted by Crippen LogP contribution is 2.18. The standard InChI is InChI=1S/C18H20N6O3/c1-12-11-14(21-27-12)19-17(25)16-20-15(13-5-3-4-6-24(13)16)18(26)23-9-7-22(2)8-10-23/h3-6,11H,7-10H2,1-2H3,(H,19,21,25). The second kappa shape index (κ2) is 6.84. The molecule has 0 bridgehead atoms.